The van der Waals surface area contributed by atoms with Crippen LogP contribution in [0.1, 0.15) is 18.9 Å². The van der Waals surface area contributed by atoms with Gasteiger partial charge in [0, 0.05) is 43.2 Å². The lowest BCUT2D eigenvalue weighted by Gasteiger charge is -2.34. The molecule has 0 saturated carbocycles. The van der Waals surface area contributed by atoms with Crippen molar-refractivity contribution >= 4 is 41.7 Å². The normalized spacial score (nSPS) is 17.3. The quantitative estimate of drug-likeness (QED) is 0.372. The van der Waals surface area contributed by atoms with Crippen LogP contribution in [-0.2, 0) is 6.54 Å². The van der Waals surface area contributed by atoms with Crippen molar-refractivity contribution in [3.8, 4) is 17.2 Å². The third-order valence-electron chi connectivity index (χ3n) is 4.33. The topological polar surface area (TPSA) is 55.3 Å². The maximum Gasteiger partial charge on any atom is 0.203 e. The zero-order valence-corrected chi connectivity index (χ0v) is 19.4. The molecule has 1 atom stereocenters. The molecule has 1 unspecified atom stereocenters. The molecule has 0 aliphatic carbocycles. The molecule has 8 heteroatoms. The molecule has 0 bridgehead atoms. The van der Waals surface area contributed by atoms with E-state index in [4.69, 9.17) is 14.2 Å². The fourth-order valence-electron chi connectivity index (χ4n) is 2.97. The van der Waals surface area contributed by atoms with Crippen LogP contribution in [0.4, 0.5) is 0 Å². The van der Waals surface area contributed by atoms with Crippen LogP contribution in [0.15, 0.2) is 17.1 Å². The van der Waals surface area contributed by atoms with Crippen molar-refractivity contribution in [1.82, 2.24) is 10.2 Å². The zero-order valence-electron chi connectivity index (χ0n) is 16.2. The number of nitrogens with one attached hydrogen (secondary N) is 1. The molecule has 1 aromatic rings. The Balaban J connectivity index is 0.00000338. The molecule has 1 aliphatic heterocycles. The number of aliphatic imine (C=N–C) groups is 1. The van der Waals surface area contributed by atoms with E-state index in [0.717, 1.165) is 30.4 Å². The highest BCUT2D eigenvalue weighted by molar-refractivity contribution is 14.0. The summed E-state index contributed by atoms with van der Waals surface area (Å²) in [6.45, 7) is 4.90. The second kappa shape index (κ2) is 11.6. The van der Waals surface area contributed by atoms with Crippen molar-refractivity contribution in [2.75, 3.05) is 47.2 Å². The molecular weight excluding hydrogens is 465 g/mol. The van der Waals surface area contributed by atoms with Crippen LogP contribution in [-0.4, -0.2) is 63.3 Å². The first-order valence-corrected chi connectivity index (χ1v) is 9.58. The van der Waals surface area contributed by atoms with Crippen LogP contribution in [0.25, 0.3) is 0 Å². The van der Waals surface area contributed by atoms with Crippen molar-refractivity contribution in [2.24, 2.45) is 4.99 Å². The van der Waals surface area contributed by atoms with Gasteiger partial charge >= 0.3 is 0 Å². The Kier molecular flexibility index (Phi) is 10.3. The Hall–Kier alpha value is -1.03. The Morgan fingerprint density at radius 1 is 1.23 bits per heavy atom. The molecular formula is C18H30IN3O3S. The van der Waals surface area contributed by atoms with E-state index in [0.29, 0.717) is 29.0 Å². The van der Waals surface area contributed by atoms with Crippen molar-refractivity contribution in [3.63, 3.8) is 0 Å². The summed E-state index contributed by atoms with van der Waals surface area (Å²) in [6, 6.07) is 3.88. The fourth-order valence-corrected chi connectivity index (χ4v) is 4.15. The Morgan fingerprint density at radius 3 is 2.54 bits per heavy atom. The first kappa shape index (κ1) is 23.0. The summed E-state index contributed by atoms with van der Waals surface area (Å²) in [4.78, 5) is 6.78. The molecule has 0 aromatic heterocycles. The number of methoxy groups -OCH3 is 3. The van der Waals surface area contributed by atoms with Crippen LogP contribution < -0.4 is 19.5 Å². The van der Waals surface area contributed by atoms with Gasteiger partial charge in [-0.05, 0) is 18.6 Å². The molecule has 1 saturated heterocycles. The molecule has 1 N–H and O–H groups in total. The zero-order chi connectivity index (χ0) is 18.2. The van der Waals surface area contributed by atoms with E-state index in [9.17, 15) is 0 Å². The van der Waals surface area contributed by atoms with E-state index < -0.39 is 0 Å². The number of rotatable bonds is 6. The molecule has 1 aromatic carbocycles. The average Bonchev–Trinajstić information content (AvgIpc) is 2.67. The Bertz CT molecular complexity index is 601. The van der Waals surface area contributed by atoms with E-state index in [1.165, 1.54) is 6.42 Å². The lowest BCUT2D eigenvalue weighted by atomic mass is 10.1. The number of nitrogens with zero attached hydrogens (tertiary/aromatic N) is 2. The van der Waals surface area contributed by atoms with Gasteiger partial charge in [0.1, 0.15) is 0 Å². The summed E-state index contributed by atoms with van der Waals surface area (Å²) >= 11 is 2.05. The first-order valence-electron chi connectivity index (χ1n) is 8.53. The molecule has 1 heterocycles. The Morgan fingerprint density at radius 2 is 1.96 bits per heavy atom. The van der Waals surface area contributed by atoms with Gasteiger partial charge in [0.25, 0.3) is 0 Å². The van der Waals surface area contributed by atoms with Crippen molar-refractivity contribution in [2.45, 2.75) is 25.1 Å². The number of thioether (sulfide) groups is 1. The van der Waals surface area contributed by atoms with Crippen LogP contribution in [0, 0.1) is 0 Å². The SMILES string of the molecule is CCC1CN(C(=NC)NCc2ccc(OC)c(OC)c2OC)CCS1.I. The molecule has 26 heavy (non-hydrogen) atoms. The third-order valence-corrected chi connectivity index (χ3v) is 5.70. The molecule has 0 amide bonds. The van der Waals surface area contributed by atoms with Gasteiger partial charge in [-0.25, -0.2) is 0 Å². The van der Waals surface area contributed by atoms with Gasteiger partial charge < -0.3 is 24.4 Å². The molecule has 1 aliphatic rings. The van der Waals surface area contributed by atoms with Crippen LogP contribution in [0.3, 0.4) is 0 Å². The summed E-state index contributed by atoms with van der Waals surface area (Å²) in [5.74, 6) is 4.02. The first-order chi connectivity index (χ1) is 12.2. The second-order valence-electron chi connectivity index (χ2n) is 5.74. The van der Waals surface area contributed by atoms with Gasteiger partial charge in [0.05, 0.1) is 21.3 Å². The van der Waals surface area contributed by atoms with Gasteiger partial charge in [-0.3, -0.25) is 4.99 Å². The summed E-state index contributed by atoms with van der Waals surface area (Å²) in [6.07, 6.45) is 1.18. The van der Waals surface area contributed by atoms with Gasteiger partial charge in [-0.15, -0.1) is 24.0 Å². The van der Waals surface area contributed by atoms with Crippen molar-refractivity contribution < 1.29 is 14.2 Å². The van der Waals surface area contributed by atoms with Crippen LogP contribution in [0.2, 0.25) is 0 Å². The number of guanidine groups is 1. The predicted molar refractivity (Wildman–Crippen MR) is 120 cm³/mol. The van der Waals surface area contributed by atoms with Gasteiger partial charge in [-0.1, -0.05) is 6.92 Å². The summed E-state index contributed by atoms with van der Waals surface area (Å²) in [7, 11) is 6.71. The second-order valence-corrected chi connectivity index (χ2v) is 7.15. The highest BCUT2D eigenvalue weighted by atomic mass is 127. The predicted octanol–water partition coefficient (Wildman–Crippen LogP) is 3.23. The molecule has 148 valence electrons. The highest BCUT2D eigenvalue weighted by Gasteiger charge is 2.22. The minimum absolute atomic E-state index is 0. The van der Waals surface area contributed by atoms with Crippen LogP contribution in [0.5, 0.6) is 17.2 Å². The molecule has 0 spiro atoms. The fraction of sp³-hybridized carbons (Fsp3) is 0.611. The van der Waals surface area contributed by atoms with E-state index in [1.807, 2.05) is 30.9 Å². The van der Waals surface area contributed by atoms with E-state index in [-0.39, 0.29) is 24.0 Å². The number of ether oxygens (including phenoxy) is 3. The minimum Gasteiger partial charge on any atom is -0.493 e. The molecule has 2 rings (SSSR count). The minimum atomic E-state index is 0. The lowest BCUT2D eigenvalue weighted by molar-refractivity contribution is 0.321. The summed E-state index contributed by atoms with van der Waals surface area (Å²) in [5.41, 5.74) is 1.000. The summed E-state index contributed by atoms with van der Waals surface area (Å²) in [5, 5.41) is 4.12. The number of hydrogen-bond acceptors (Lipinski definition) is 5. The summed E-state index contributed by atoms with van der Waals surface area (Å²) < 4.78 is 16.3. The standard InChI is InChI=1S/C18H29N3O3S.HI/c1-6-14-12-21(9-10-25-14)18(19-2)20-11-13-7-8-15(22-3)17(24-5)16(13)23-4;/h7-8,14H,6,9-12H2,1-5H3,(H,19,20);1H. The number of hydrogen-bond donors (Lipinski definition) is 1. The lowest BCUT2D eigenvalue weighted by Crippen LogP contribution is -2.47. The monoisotopic (exact) mass is 495 g/mol. The number of halogens is 1. The Labute approximate surface area is 178 Å². The molecule has 6 nitrogen and oxygen atoms in total. The van der Waals surface area contributed by atoms with Crippen molar-refractivity contribution in [3.05, 3.63) is 17.7 Å². The van der Waals surface area contributed by atoms with E-state index >= 15 is 0 Å². The molecule has 1 fully saturated rings. The largest absolute Gasteiger partial charge is 0.493 e. The maximum absolute atomic E-state index is 5.55. The maximum atomic E-state index is 5.55. The van der Waals surface area contributed by atoms with Crippen LogP contribution >= 0.6 is 35.7 Å². The average molecular weight is 495 g/mol. The highest BCUT2D eigenvalue weighted by Crippen LogP contribution is 2.39. The van der Waals surface area contributed by atoms with Crippen molar-refractivity contribution in [1.29, 1.82) is 0 Å². The van der Waals surface area contributed by atoms with Gasteiger partial charge in [-0.2, -0.15) is 11.8 Å². The van der Waals surface area contributed by atoms with E-state index in [2.05, 4.69) is 22.1 Å². The smallest absolute Gasteiger partial charge is 0.203 e. The van der Waals surface area contributed by atoms with Gasteiger partial charge in [0.2, 0.25) is 5.75 Å². The molecule has 0 radical (unpaired) electrons. The number of benzene rings is 1. The van der Waals surface area contributed by atoms with Gasteiger partial charge in [0.15, 0.2) is 17.5 Å². The van der Waals surface area contributed by atoms with E-state index in [1.54, 1.807) is 21.3 Å². The third kappa shape index (κ3) is 5.48.